The first-order valence-electron chi connectivity index (χ1n) is 6.93. The van der Waals surface area contributed by atoms with Crippen molar-refractivity contribution >= 4 is 39.8 Å². The van der Waals surface area contributed by atoms with E-state index in [1.165, 1.54) is 0 Å². The van der Waals surface area contributed by atoms with E-state index in [0.717, 1.165) is 22.5 Å². The first-order chi connectivity index (χ1) is 11.0. The Bertz CT molecular complexity index is 902. The van der Waals surface area contributed by atoms with Crippen LogP contribution in [0.25, 0.3) is 10.9 Å². The second-order valence-corrected chi connectivity index (χ2v) is 5.52. The average Bonchev–Trinajstić information content (AvgIpc) is 2.89. The van der Waals surface area contributed by atoms with Crippen LogP contribution in [0.15, 0.2) is 42.5 Å². The highest BCUT2D eigenvalue weighted by Gasteiger charge is 2.16. The number of hydrogen-bond donors (Lipinski definition) is 2. The number of aromatic carboxylic acids is 1. The number of benzene rings is 2. The molecule has 23 heavy (non-hydrogen) atoms. The van der Waals surface area contributed by atoms with Crippen LogP contribution in [-0.2, 0) is 7.05 Å². The molecule has 0 bridgehead atoms. The number of fused-ring (bicyclic) bond motifs is 1. The lowest BCUT2D eigenvalue weighted by molar-refractivity contribution is 0.0687. The van der Waals surface area contributed by atoms with E-state index < -0.39 is 5.97 Å². The Morgan fingerprint density at radius 1 is 1.26 bits per heavy atom. The van der Waals surface area contributed by atoms with Gasteiger partial charge in [-0.1, -0.05) is 17.7 Å². The van der Waals surface area contributed by atoms with Gasteiger partial charge >= 0.3 is 5.97 Å². The van der Waals surface area contributed by atoms with Crippen molar-refractivity contribution in [1.82, 2.24) is 4.57 Å². The molecule has 0 saturated heterocycles. The SMILES string of the molecule is COc1cccc(Nc2ccc(Cl)c3c2cc(C(=O)O)n3C)c1. The molecule has 3 rings (SSSR count). The number of methoxy groups -OCH3 is 1. The summed E-state index contributed by atoms with van der Waals surface area (Å²) >= 11 is 6.24. The zero-order chi connectivity index (χ0) is 16.6. The highest BCUT2D eigenvalue weighted by molar-refractivity contribution is 6.36. The summed E-state index contributed by atoms with van der Waals surface area (Å²) in [5.41, 5.74) is 2.48. The predicted octanol–water partition coefficient (Wildman–Crippen LogP) is 4.28. The maximum Gasteiger partial charge on any atom is 0.352 e. The number of carbonyl (C=O) groups is 1. The standard InChI is InChI=1S/C17H15ClN2O3/c1-20-15(17(21)22)9-12-14(7-6-13(18)16(12)20)19-10-4-3-5-11(8-10)23-2/h3-9,19H,1-2H3,(H,21,22). The van der Waals surface area contributed by atoms with E-state index in [-0.39, 0.29) is 5.69 Å². The molecule has 0 aliphatic rings. The van der Waals surface area contributed by atoms with Gasteiger partial charge in [-0.2, -0.15) is 0 Å². The highest BCUT2D eigenvalue weighted by atomic mass is 35.5. The van der Waals surface area contributed by atoms with Crippen LogP contribution in [0.1, 0.15) is 10.5 Å². The normalized spacial score (nSPS) is 10.7. The number of carboxylic acid groups (broad SMARTS) is 1. The third kappa shape index (κ3) is 2.71. The molecule has 6 heteroatoms. The smallest absolute Gasteiger partial charge is 0.352 e. The molecule has 2 aromatic carbocycles. The van der Waals surface area contributed by atoms with E-state index in [1.807, 2.05) is 30.3 Å². The molecule has 1 heterocycles. The summed E-state index contributed by atoms with van der Waals surface area (Å²) in [5.74, 6) is -0.258. The third-order valence-electron chi connectivity index (χ3n) is 3.71. The summed E-state index contributed by atoms with van der Waals surface area (Å²) in [6.45, 7) is 0. The van der Waals surface area contributed by atoms with Gasteiger partial charge in [-0.25, -0.2) is 4.79 Å². The lowest BCUT2D eigenvalue weighted by Crippen LogP contribution is -2.03. The van der Waals surface area contributed by atoms with Gasteiger partial charge in [0.25, 0.3) is 0 Å². The average molecular weight is 331 g/mol. The van der Waals surface area contributed by atoms with Crippen LogP contribution in [-0.4, -0.2) is 22.8 Å². The lowest BCUT2D eigenvalue weighted by atomic mass is 10.2. The zero-order valence-electron chi connectivity index (χ0n) is 12.6. The van der Waals surface area contributed by atoms with Crippen molar-refractivity contribution in [2.24, 2.45) is 7.05 Å². The van der Waals surface area contributed by atoms with Gasteiger partial charge in [-0.3, -0.25) is 0 Å². The van der Waals surface area contributed by atoms with Crippen molar-refractivity contribution in [3.05, 3.63) is 53.2 Å². The minimum Gasteiger partial charge on any atom is -0.497 e. The molecule has 3 aromatic rings. The Kier molecular flexibility index (Phi) is 3.88. The Labute approximate surface area is 138 Å². The molecule has 1 aromatic heterocycles. The van der Waals surface area contributed by atoms with E-state index in [1.54, 1.807) is 30.9 Å². The number of aryl methyl sites for hydroxylation is 1. The van der Waals surface area contributed by atoms with Gasteiger partial charge in [0.1, 0.15) is 11.4 Å². The largest absolute Gasteiger partial charge is 0.497 e. The zero-order valence-corrected chi connectivity index (χ0v) is 13.4. The number of aromatic nitrogens is 1. The molecule has 0 fully saturated rings. The summed E-state index contributed by atoms with van der Waals surface area (Å²) in [7, 11) is 3.29. The van der Waals surface area contributed by atoms with Crippen molar-refractivity contribution in [2.75, 3.05) is 12.4 Å². The minimum atomic E-state index is -0.993. The number of rotatable bonds is 4. The first kappa shape index (κ1) is 15.2. The van der Waals surface area contributed by atoms with Crippen LogP contribution < -0.4 is 10.1 Å². The molecule has 0 unspecified atom stereocenters. The number of ether oxygens (including phenoxy) is 1. The van der Waals surface area contributed by atoms with Gasteiger partial charge in [0.2, 0.25) is 0 Å². The van der Waals surface area contributed by atoms with Crippen molar-refractivity contribution in [3.8, 4) is 5.75 Å². The Hall–Kier alpha value is -2.66. The van der Waals surface area contributed by atoms with Gasteiger partial charge in [-0.15, -0.1) is 0 Å². The number of nitrogens with one attached hydrogen (secondary N) is 1. The van der Waals surface area contributed by atoms with Crippen LogP contribution in [0, 0.1) is 0 Å². The Balaban J connectivity index is 2.12. The van der Waals surface area contributed by atoms with Gasteiger partial charge in [0.15, 0.2) is 0 Å². The molecule has 0 radical (unpaired) electrons. The number of anilines is 2. The molecule has 0 amide bonds. The van der Waals surface area contributed by atoms with Crippen LogP contribution in [0.2, 0.25) is 5.02 Å². The van der Waals surface area contributed by atoms with Crippen molar-refractivity contribution in [1.29, 1.82) is 0 Å². The molecular weight excluding hydrogens is 316 g/mol. The van der Waals surface area contributed by atoms with E-state index in [2.05, 4.69) is 5.32 Å². The topological polar surface area (TPSA) is 63.5 Å². The fraction of sp³-hybridized carbons (Fsp3) is 0.118. The molecule has 0 saturated carbocycles. The molecule has 0 aliphatic heterocycles. The molecule has 2 N–H and O–H groups in total. The van der Waals surface area contributed by atoms with Crippen LogP contribution in [0.3, 0.4) is 0 Å². The van der Waals surface area contributed by atoms with Crippen LogP contribution in [0.4, 0.5) is 11.4 Å². The van der Waals surface area contributed by atoms with E-state index in [9.17, 15) is 9.90 Å². The summed E-state index contributed by atoms with van der Waals surface area (Å²) in [5, 5.41) is 13.8. The number of carboxylic acids is 1. The third-order valence-corrected chi connectivity index (χ3v) is 4.02. The monoisotopic (exact) mass is 330 g/mol. The van der Waals surface area contributed by atoms with E-state index in [0.29, 0.717) is 10.5 Å². The second-order valence-electron chi connectivity index (χ2n) is 5.11. The predicted molar refractivity (Wildman–Crippen MR) is 91.2 cm³/mol. The van der Waals surface area contributed by atoms with Crippen LogP contribution >= 0.6 is 11.6 Å². The number of hydrogen-bond acceptors (Lipinski definition) is 3. The molecule has 118 valence electrons. The first-order valence-corrected chi connectivity index (χ1v) is 7.31. The summed E-state index contributed by atoms with van der Waals surface area (Å²) < 4.78 is 6.79. The molecule has 5 nitrogen and oxygen atoms in total. The van der Waals surface area contributed by atoms with Crippen molar-refractivity contribution in [2.45, 2.75) is 0 Å². The number of halogens is 1. The summed E-state index contributed by atoms with van der Waals surface area (Å²) in [4.78, 5) is 11.4. The van der Waals surface area contributed by atoms with Gasteiger partial charge < -0.3 is 19.7 Å². The lowest BCUT2D eigenvalue weighted by Gasteiger charge is -2.10. The Morgan fingerprint density at radius 3 is 2.74 bits per heavy atom. The molecule has 0 spiro atoms. The molecule has 0 atom stereocenters. The second kappa shape index (κ2) is 5.85. The van der Waals surface area contributed by atoms with E-state index in [4.69, 9.17) is 16.3 Å². The fourth-order valence-electron chi connectivity index (χ4n) is 2.59. The highest BCUT2D eigenvalue weighted by Crippen LogP contribution is 2.34. The van der Waals surface area contributed by atoms with Crippen LogP contribution in [0.5, 0.6) is 5.75 Å². The molecular formula is C17H15ClN2O3. The van der Waals surface area contributed by atoms with Gasteiger partial charge in [0.05, 0.1) is 17.6 Å². The van der Waals surface area contributed by atoms with Crippen molar-refractivity contribution < 1.29 is 14.6 Å². The van der Waals surface area contributed by atoms with Gasteiger partial charge in [-0.05, 0) is 30.3 Å². The summed E-state index contributed by atoms with van der Waals surface area (Å²) in [6, 6.07) is 12.7. The minimum absolute atomic E-state index is 0.182. The summed E-state index contributed by atoms with van der Waals surface area (Å²) in [6.07, 6.45) is 0. The fourth-order valence-corrected chi connectivity index (χ4v) is 2.88. The maximum absolute atomic E-state index is 11.4. The van der Waals surface area contributed by atoms with E-state index >= 15 is 0 Å². The quantitative estimate of drug-likeness (QED) is 0.749. The Morgan fingerprint density at radius 2 is 2.04 bits per heavy atom. The maximum atomic E-state index is 11.4. The number of nitrogens with zero attached hydrogens (tertiary/aromatic N) is 1. The van der Waals surface area contributed by atoms with Gasteiger partial charge in [0, 0.05) is 29.9 Å². The van der Waals surface area contributed by atoms with Crippen molar-refractivity contribution in [3.63, 3.8) is 0 Å². The molecule has 0 aliphatic carbocycles.